The van der Waals surface area contributed by atoms with Gasteiger partial charge in [0.25, 0.3) is 0 Å². The lowest BCUT2D eigenvalue weighted by Crippen LogP contribution is -2.20. The van der Waals surface area contributed by atoms with Crippen molar-refractivity contribution in [2.45, 2.75) is 40.0 Å². The van der Waals surface area contributed by atoms with E-state index >= 15 is 0 Å². The highest BCUT2D eigenvalue weighted by molar-refractivity contribution is 6.24. The summed E-state index contributed by atoms with van der Waals surface area (Å²) in [5.74, 6) is -0.0845. The Balaban J connectivity index is 2.95. The molecule has 0 aromatic carbocycles. The Morgan fingerprint density at radius 1 is 0.938 bits per heavy atom. The zero-order chi connectivity index (χ0) is 12.3. The van der Waals surface area contributed by atoms with Crippen LogP contribution in [0.4, 0.5) is 0 Å². The molecule has 86 valence electrons. The minimum absolute atomic E-state index is 0.0412. The molecule has 0 fully saturated rings. The summed E-state index contributed by atoms with van der Waals surface area (Å²) in [4.78, 5) is 33.9. The van der Waals surface area contributed by atoms with E-state index in [9.17, 15) is 14.4 Å². The van der Waals surface area contributed by atoms with E-state index in [4.69, 9.17) is 0 Å². The number of carbonyl (C=O) groups is 3. The summed E-state index contributed by atoms with van der Waals surface area (Å²) in [5, 5.41) is 0. The van der Waals surface area contributed by atoms with Crippen molar-refractivity contribution in [3.8, 4) is 0 Å². The molecule has 0 aliphatic heterocycles. The van der Waals surface area contributed by atoms with Gasteiger partial charge < -0.3 is 4.79 Å². The van der Waals surface area contributed by atoms with E-state index in [2.05, 4.69) is 0 Å². The molecule has 0 spiro atoms. The molecular formula is C13H16O3. The maximum absolute atomic E-state index is 11.9. The van der Waals surface area contributed by atoms with Gasteiger partial charge in [-0.25, -0.2) is 0 Å². The third kappa shape index (κ3) is 2.18. The van der Waals surface area contributed by atoms with Gasteiger partial charge >= 0.3 is 0 Å². The number of hydrogen-bond donors (Lipinski definition) is 0. The Hall–Kier alpha value is -1.51. The number of allylic oxidation sites excluding steroid dienone is 4. The van der Waals surface area contributed by atoms with Crippen LogP contribution in [0.5, 0.6) is 0 Å². The molecule has 0 bridgehead atoms. The summed E-state index contributed by atoms with van der Waals surface area (Å²) in [6.45, 7) is 5.05. The number of carbonyl (C=O) groups excluding carboxylic acids is 3. The Kier molecular flexibility index (Phi) is 3.93. The van der Waals surface area contributed by atoms with Crippen molar-refractivity contribution in [2.75, 3.05) is 0 Å². The summed E-state index contributed by atoms with van der Waals surface area (Å²) in [6, 6.07) is 0. The zero-order valence-electron chi connectivity index (χ0n) is 9.92. The fraction of sp³-hybridized carbons (Fsp3) is 0.462. The van der Waals surface area contributed by atoms with Crippen LogP contribution in [0, 0.1) is 0 Å². The Bertz CT molecular complexity index is 411. The molecule has 0 saturated heterocycles. The molecule has 1 rings (SSSR count). The molecule has 1 aliphatic rings. The number of aldehydes is 1. The van der Waals surface area contributed by atoms with E-state index in [1.807, 2.05) is 0 Å². The Morgan fingerprint density at radius 2 is 1.50 bits per heavy atom. The highest BCUT2D eigenvalue weighted by Gasteiger charge is 2.26. The normalized spacial score (nSPS) is 17.2. The van der Waals surface area contributed by atoms with Crippen molar-refractivity contribution >= 4 is 17.9 Å². The molecule has 0 saturated carbocycles. The number of rotatable bonds is 4. The number of ketones is 2. The van der Waals surface area contributed by atoms with Crippen LogP contribution in [0.25, 0.3) is 0 Å². The van der Waals surface area contributed by atoms with Crippen LogP contribution < -0.4 is 0 Å². The van der Waals surface area contributed by atoms with Gasteiger partial charge in [0.1, 0.15) is 6.29 Å². The fourth-order valence-corrected chi connectivity index (χ4v) is 1.82. The van der Waals surface area contributed by atoms with Crippen LogP contribution in [0.15, 0.2) is 22.3 Å². The maximum Gasteiger partial charge on any atom is 0.185 e. The van der Waals surface area contributed by atoms with Crippen LogP contribution in [0.2, 0.25) is 0 Å². The molecule has 16 heavy (non-hydrogen) atoms. The molecule has 1 aliphatic carbocycles. The highest BCUT2D eigenvalue weighted by Crippen LogP contribution is 2.26. The van der Waals surface area contributed by atoms with E-state index in [1.54, 1.807) is 20.8 Å². The lowest BCUT2D eigenvalue weighted by Gasteiger charge is -2.18. The molecule has 3 nitrogen and oxygen atoms in total. The van der Waals surface area contributed by atoms with Crippen LogP contribution in [0.3, 0.4) is 0 Å². The van der Waals surface area contributed by atoms with Crippen LogP contribution in [-0.4, -0.2) is 17.9 Å². The van der Waals surface area contributed by atoms with Gasteiger partial charge in [0.05, 0.1) is 0 Å². The third-order valence-electron chi connectivity index (χ3n) is 3.06. The van der Waals surface area contributed by atoms with E-state index in [0.717, 1.165) is 6.29 Å². The van der Waals surface area contributed by atoms with E-state index in [1.165, 1.54) is 0 Å². The lowest BCUT2D eigenvalue weighted by atomic mass is 9.84. The second-order valence-electron chi connectivity index (χ2n) is 4.07. The van der Waals surface area contributed by atoms with Gasteiger partial charge in [-0.15, -0.1) is 0 Å². The Labute approximate surface area is 95.2 Å². The predicted molar refractivity (Wildman–Crippen MR) is 61.0 cm³/mol. The van der Waals surface area contributed by atoms with Gasteiger partial charge in [-0.1, -0.05) is 0 Å². The van der Waals surface area contributed by atoms with Crippen LogP contribution in [0.1, 0.15) is 40.0 Å². The first kappa shape index (κ1) is 12.6. The van der Waals surface area contributed by atoms with Crippen molar-refractivity contribution < 1.29 is 14.4 Å². The average molecular weight is 220 g/mol. The molecule has 0 N–H and O–H groups in total. The van der Waals surface area contributed by atoms with Gasteiger partial charge in [0.15, 0.2) is 11.6 Å². The van der Waals surface area contributed by atoms with Crippen molar-refractivity contribution in [2.24, 2.45) is 0 Å². The van der Waals surface area contributed by atoms with Gasteiger partial charge in [-0.05, 0) is 33.6 Å². The van der Waals surface area contributed by atoms with Crippen molar-refractivity contribution in [1.29, 1.82) is 0 Å². The topological polar surface area (TPSA) is 51.2 Å². The monoisotopic (exact) mass is 220 g/mol. The molecule has 0 amide bonds. The number of hydrogen-bond acceptors (Lipinski definition) is 3. The maximum atomic E-state index is 11.9. The van der Waals surface area contributed by atoms with Gasteiger partial charge in [0.2, 0.25) is 0 Å². The summed E-state index contributed by atoms with van der Waals surface area (Å²) in [7, 11) is 0. The summed E-state index contributed by atoms with van der Waals surface area (Å²) in [5.41, 5.74) is 2.20. The highest BCUT2D eigenvalue weighted by atomic mass is 16.1. The molecular weight excluding hydrogens is 204 g/mol. The summed E-state index contributed by atoms with van der Waals surface area (Å²) < 4.78 is 0. The number of unbranched alkanes of at least 4 members (excludes halogenated alkanes) is 1. The molecule has 0 aromatic rings. The lowest BCUT2D eigenvalue weighted by molar-refractivity contribution is -0.116. The van der Waals surface area contributed by atoms with Gasteiger partial charge in [-0.2, -0.15) is 0 Å². The Morgan fingerprint density at radius 3 is 2.06 bits per heavy atom. The summed E-state index contributed by atoms with van der Waals surface area (Å²) >= 11 is 0. The van der Waals surface area contributed by atoms with Crippen molar-refractivity contribution in [1.82, 2.24) is 0 Å². The van der Waals surface area contributed by atoms with Gasteiger partial charge in [0, 0.05) is 28.7 Å². The van der Waals surface area contributed by atoms with E-state index in [-0.39, 0.29) is 11.6 Å². The predicted octanol–water partition coefficient (Wildman–Crippen LogP) is 2.16. The van der Waals surface area contributed by atoms with E-state index in [0.29, 0.717) is 41.6 Å². The molecule has 0 aromatic heterocycles. The first-order valence-corrected chi connectivity index (χ1v) is 5.41. The SMILES string of the molecule is CC1=C(C)C(=O)C(CCCC=O)=C(C)C1=O. The minimum atomic E-state index is -0.0433. The fourth-order valence-electron chi connectivity index (χ4n) is 1.82. The third-order valence-corrected chi connectivity index (χ3v) is 3.06. The molecule has 0 heterocycles. The van der Waals surface area contributed by atoms with Crippen LogP contribution in [-0.2, 0) is 14.4 Å². The smallest absolute Gasteiger partial charge is 0.185 e. The zero-order valence-corrected chi connectivity index (χ0v) is 9.92. The second kappa shape index (κ2) is 5.01. The van der Waals surface area contributed by atoms with Crippen LogP contribution >= 0.6 is 0 Å². The summed E-state index contributed by atoms with van der Waals surface area (Å²) in [6.07, 6.45) is 2.40. The van der Waals surface area contributed by atoms with Crippen molar-refractivity contribution in [3.63, 3.8) is 0 Å². The molecule has 0 atom stereocenters. The molecule has 0 unspecified atom stereocenters. The van der Waals surface area contributed by atoms with E-state index < -0.39 is 0 Å². The second-order valence-corrected chi connectivity index (χ2v) is 4.07. The quantitative estimate of drug-likeness (QED) is 0.414. The first-order valence-electron chi connectivity index (χ1n) is 5.41. The van der Waals surface area contributed by atoms with Crippen molar-refractivity contribution in [3.05, 3.63) is 22.3 Å². The minimum Gasteiger partial charge on any atom is -0.303 e. The van der Waals surface area contributed by atoms with Gasteiger partial charge in [-0.3, -0.25) is 9.59 Å². The molecule has 0 radical (unpaired) electrons. The molecule has 3 heteroatoms. The number of Topliss-reactive ketones (excluding diaryl/α,β-unsaturated/α-hetero) is 2. The standard InChI is InChI=1S/C13H16O3/c1-8-9(2)13(16)11(6-4-5-7-14)10(3)12(8)15/h7H,4-6H2,1-3H3. The average Bonchev–Trinajstić information content (AvgIpc) is 2.28. The largest absolute Gasteiger partial charge is 0.303 e. The first-order chi connectivity index (χ1) is 7.50.